The molecule has 0 fully saturated rings. The van der Waals surface area contributed by atoms with Crippen molar-refractivity contribution in [3.05, 3.63) is 29.6 Å². The zero-order chi connectivity index (χ0) is 9.84. The minimum atomic E-state index is -0.237. The second-order valence-electron chi connectivity index (χ2n) is 2.92. The molecule has 1 rings (SSSR count). The lowest BCUT2D eigenvalue weighted by atomic mass is 10.0. The van der Waals surface area contributed by atoms with Gasteiger partial charge in [0.2, 0.25) is 0 Å². The number of carbonyl (C=O) groups is 1. The highest BCUT2D eigenvalue weighted by molar-refractivity contribution is 5.77. The standard InChI is InChI=1S/C10H13NO2/c1-7(10(12)13-3)9-5-4-6-11-8(9)2/h4-7H,1-3H3. The molecule has 0 bridgehead atoms. The normalized spacial score (nSPS) is 12.2. The number of methoxy groups -OCH3 is 1. The highest BCUT2D eigenvalue weighted by atomic mass is 16.5. The molecule has 0 N–H and O–H groups in total. The quantitative estimate of drug-likeness (QED) is 0.648. The first-order valence-corrected chi connectivity index (χ1v) is 4.16. The van der Waals surface area contributed by atoms with Crippen molar-refractivity contribution in [2.45, 2.75) is 19.8 Å². The van der Waals surface area contributed by atoms with Gasteiger partial charge in [-0.3, -0.25) is 9.78 Å². The molecule has 70 valence electrons. The van der Waals surface area contributed by atoms with Crippen LogP contribution < -0.4 is 0 Å². The van der Waals surface area contributed by atoms with E-state index >= 15 is 0 Å². The molecule has 3 nitrogen and oxygen atoms in total. The summed E-state index contributed by atoms with van der Waals surface area (Å²) in [6.45, 7) is 3.70. The SMILES string of the molecule is COC(=O)C(C)c1cccnc1C. The Kier molecular flexibility index (Phi) is 3.01. The summed E-state index contributed by atoms with van der Waals surface area (Å²) in [5.74, 6) is -0.463. The maximum Gasteiger partial charge on any atom is 0.312 e. The maximum atomic E-state index is 11.2. The van der Waals surface area contributed by atoms with Gasteiger partial charge >= 0.3 is 5.97 Å². The molecule has 1 aromatic heterocycles. The molecule has 13 heavy (non-hydrogen) atoms. The molecule has 0 saturated carbocycles. The van der Waals surface area contributed by atoms with E-state index in [9.17, 15) is 4.79 Å². The first-order valence-electron chi connectivity index (χ1n) is 4.16. The van der Waals surface area contributed by atoms with Gasteiger partial charge in [-0.2, -0.15) is 0 Å². The average Bonchev–Trinajstić information content (AvgIpc) is 2.16. The van der Waals surface area contributed by atoms with E-state index in [4.69, 9.17) is 0 Å². The molecule has 0 aliphatic heterocycles. The van der Waals surface area contributed by atoms with Crippen LogP contribution in [0.1, 0.15) is 24.1 Å². The second-order valence-corrected chi connectivity index (χ2v) is 2.92. The van der Waals surface area contributed by atoms with Crippen LogP contribution in [0, 0.1) is 6.92 Å². The number of hydrogen-bond acceptors (Lipinski definition) is 3. The van der Waals surface area contributed by atoms with Gasteiger partial charge in [-0.05, 0) is 25.5 Å². The molecular formula is C10H13NO2. The van der Waals surface area contributed by atoms with Crippen molar-refractivity contribution < 1.29 is 9.53 Å². The molecular weight excluding hydrogens is 166 g/mol. The van der Waals surface area contributed by atoms with E-state index in [1.807, 2.05) is 26.0 Å². The van der Waals surface area contributed by atoms with Crippen LogP contribution in [-0.2, 0) is 9.53 Å². The predicted octanol–water partition coefficient (Wildman–Crippen LogP) is 1.67. The van der Waals surface area contributed by atoms with Crippen LogP contribution in [0.4, 0.5) is 0 Å². The molecule has 0 amide bonds. The first kappa shape index (κ1) is 9.71. The number of aryl methyl sites for hydroxylation is 1. The molecule has 3 heteroatoms. The zero-order valence-electron chi connectivity index (χ0n) is 8.07. The van der Waals surface area contributed by atoms with E-state index in [1.165, 1.54) is 7.11 Å². The smallest absolute Gasteiger partial charge is 0.312 e. The molecule has 1 atom stereocenters. The summed E-state index contributed by atoms with van der Waals surface area (Å²) in [6, 6.07) is 3.71. The van der Waals surface area contributed by atoms with E-state index in [2.05, 4.69) is 9.72 Å². The molecule has 0 aliphatic carbocycles. The number of rotatable bonds is 2. The van der Waals surface area contributed by atoms with Crippen LogP contribution in [0.2, 0.25) is 0 Å². The third-order valence-electron chi connectivity index (χ3n) is 2.07. The van der Waals surface area contributed by atoms with Gasteiger partial charge in [0.05, 0.1) is 13.0 Å². The highest BCUT2D eigenvalue weighted by Crippen LogP contribution is 2.18. The highest BCUT2D eigenvalue weighted by Gasteiger charge is 2.17. The third-order valence-corrected chi connectivity index (χ3v) is 2.07. The summed E-state index contributed by atoms with van der Waals surface area (Å²) in [7, 11) is 1.39. The summed E-state index contributed by atoms with van der Waals surface area (Å²) >= 11 is 0. The lowest BCUT2D eigenvalue weighted by Crippen LogP contribution is -2.12. The van der Waals surface area contributed by atoms with Gasteiger partial charge in [-0.1, -0.05) is 6.07 Å². The van der Waals surface area contributed by atoms with Crippen LogP contribution in [0.3, 0.4) is 0 Å². The van der Waals surface area contributed by atoms with Gasteiger partial charge in [-0.15, -0.1) is 0 Å². The minimum Gasteiger partial charge on any atom is -0.469 e. The summed E-state index contributed by atoms with van der Waals surface area (Å²) < 4.78 is 4.65. The van der Waals surface area contributed by atoms with E-state index in [1.54, 1.807) is 6.20 Å². The van der Waals surface area contributed by atoms with Crippen molar-refractivity contribution in [1.82, 2.24) is 4.98 Å². The van der Waals surface area contributed by atoms with Crippen molar-refractivity contribution >= 4 is 5.97 Å². The fourth-order valence-corrected chi connectivity index (χ4v) is 1.26. The second kappa shape index (κ2) is 4.03. The van der Waals surface area contributed by atoms with Crippen molar-refractivity contribution in [1.29, 1.82) is 0 Å². The molecule has 0 aliphatic rings. The largest absolute Gasteiger partial charge is 0.469 e. The van der Waals surface area contributed by atoms with Crippen molar-refractivity contribution in [3.63, 3.8) is 0 Å². The van der Waals surface area contributed by atoms with Gasteiger partial charge in [0, 0.05) is 11.9 Å². The molecule has 1 heterocycles. The van der Waals surface area contributed by atoms with Crippen LogP contribution in [0.25, 0.3) is 0 Å². The van der Waals surface area contributed by atoms with Gasteiger partial charge in [0.25, 0.3) is 0 Å². The summed E-state index contributed by atoms with van der Waals surface area (Å²) in [6.07, 6.45) is 1.71. The van der Waals surface area contributed by atoms with E-state index < -0.39 is 0 Å². The number of pyridine rings is 1. The molecule has 0 spiro atoms. The third kappa shape index (κ3) is 2.05. The Morgan fingerprint density at radius 1 is 1.62 bits per heavy atom. The average molecular weight is 179 g/mol. The summed E-state index contributed by atoms with van der Waals surface area (Å²) in [5.41, 5.74) is 1.80. The van der Waals surface area contributed by atoms with Crippen LogP contribution >= 0.6 is 0 Å². The predicted molar refractivity (Wildman–Crippen MR) is 49.4 cm³/mol. The van der Waals surface area contributed by atoms with Crippen LogP contribution in [-0.4, -0.2) is 18.1 Å². The molecule has 0 saturated heterocycles. The maximum absolute atomic E-state index is 11.2. The number of ether oxygens (including phenoxy) is 1. The Morgan fingerprint density at radius 3 is 2.85 bits per heavy atom. The number of aromatic nitrogens is 1. The minimum absolute atomic E-state index is 0.226. The van der Waals surface area contributed by atoms with Crippen LogP contribution in [0.5, 0.6) is 0 Å². The fourth-order valence-electron chi connectivity index (χ4n) is 1.26. The van der Waals surface area contributed by atoms with Crippen LogP contribution in [0.15, 0.2) is 18.3 Å². The van der Waals surface area contributed by atoms with Crippen molar-refractivity contribution in [3.8, 4) is 0 Å². The zero-order valence-corrected chi connectivity index (χ0v) is 8.07. The molecule has 0 radical (unpaired) electrons. The first-order chi connectivity index (χ1) is 6.16. The monoisotopic (exact) mass is 179 g/mol. The Bertz CT molecular complexity index is 310. The fraction of sp³-hybridized carbons (Fsp3) is 0.400. The number of hydrogen-bond donors (Lipinski definition) is 0. The summed E-state index contributed by atoms with van der Waals surface area (Å²) in [5, 5.41) is 0. The van der Waals surface area contributed by atoms with Crippen molar-refractivity contribution in [2.75, 3.05) is 7.11 Å². The van der Waals surface area contributed by atoms with E-state index in [0.717, 1.165) is 11.3 Å². The Balaban J connectivity index is 2.95. The number of nitrogens with zero attached hydrogens (tertiary/aromatic N) is 1. The Morgan fingerprint density at radius 2 is 2.31 bits per heavy atom. The molecule has 1 unspecified atom stereocenters. The Hall–Kier alpha value is -1.38. The van der Waals surface area contributed by atoms with E-state index in [0.29, 0.717) is 0 Å². The summed E-state index contributed by atoms with van der Waals surface area (Å²) in [4.78, 5) is 15.3. The van der Waals surface area contributed by atoms with Gasteiger partial charge in [0.1, 0.15) is 0 Å². The van der Waals surface area contributed by atoms with Gasteiger partial charge in [0.15, 0.2) is 0 Å². The topological polar surface area (TPSA) is 39.2 Å². The van der Waals surface area contributed by atoms with E-state index in [-0.39, 0.29) is 11.9 Å². The lowest BCUT2D eigenvalue weighted by molar-refractivity contribution is -0.142. The van der Waals surface area contributed by atoms with Gasteiger partial charge in [-0.25, -0.2) is 0 Å². The number of esters is 1. The molecule has 1 aromatic rings. The molecule has 0 aromatic carbocycles. The number of carbonyl (C=O) groups excluding carboxylic acids is 1. The Labute approximate surface area is 77.8 Å². The lowest BCUT2D eigenvalue weighted by Gasteiger charge is -2.10. The van der Waals surface area contributed by atoms with Crippen molar-refractivity contribution in [2.24, 2.45) is 0 Å². The van der Waals surface area contributed by atoms with Gasteiger partial charge < -0.3 is 4.74 Å².